The van der Waals surface area contributed by atoms with Gasteiger partial charge in [0.15, 0.2) is 14.1 Å². The maximum Gasteiger partial charge on any atom is 0.223 e. The minimum absolute atomic E-state index is 0.0183. The van der Waals surface area contributed by atoms with Gasteiger partial charge < -0.3 is 14.1 Å². The van der Waals surface area contributed by atoms with Gasteiger partial charge in [-0.2, -0.15) is 0 Å². The lowest BCUT2D eigenvalue weighted by molar-refractivity contribution is -0.159. The number of nitrogens with zero attached hydrogens (tertiary/aromatic N) is 1. The molecule has 0 aromatic heterocycles. The van der Waals surface area contributed by atoms with Crippen molar-refractivity contribution in [1.29, 1.82) is 0 Å². The first-order valence-electron chi connectivity index (χ1n) is 11.6. The van der Waals surface area contributed by atoms with E-state index in [9.17, 15) is 9.59 Å². The average Bonchev–Trinajstić information content (AvgIpc) is 3.02. The summed E-state index contributed by atoms with van der Waals surface area (Å²) in [4.78, 5) is 28.7. The number of benzene rings is 1. The van der Waals surface area contributed by atoms with Crippen molar-refractivity contribution in [2.24, 2.45) is 5.92 Å². The third-order valence-electron chi connectivity index (χ3n) is 8.37. The van der Waals surface area contributed by atoms with Crippen LogP contribution in [-0.4, -0.2) is 49.7 Å². The molecule has 6 heteroatoms. The minimum atomic E-state index is -1.98. The second-order valence-electron chi connectivity index (χ2n) is 11.2. The molecule has 4 rings (SSSR count). The SMILES string of the molecule is COc1ccc(C[C@H]2C(=O)[C@H]3C[C@]4(CCC(=O)N24)CC[C@@H]3O[Si](C)(C)C(C)(C)C)cc1. The molecular formula is C25H37NO4Si. The van der Waals surface area contributed by atoms with Crippen LogP contribution in [0.4, 0.5) is 0 Å². The van der Waals surface area contributed by atoms with E-state index in [0.29, 0.717) is 12.8 Å². The number of carbonyl (C=O) groups excluding carboxylic acids is 2. The van der Waals surface area contributed by atoms with Gasteiger partial charge in [0.25, 0.3) is 0 Å². The second kappa shape index (κ2) is 7.73. The molecule has 31 heavy (non-hydrogen) atoms. The van der Waals surface area contributed by atoms with Crippen molar-refractivity contribution in [3.05, 3.63) is 29.8 Å². The Morgan fingerprint density at radius 1 is 1.13 bits per heavy atom. The molecule has 3 fully saturated rings. The van der Waals surface area contributed by atoms with E-state index < -0.39 is 8.32 Å². The number of rotatable bonds is 5. The highest BCUT2D eigenvalue weighted by molar-refractivity contribution is 6.74. The number of fused-ring (bicyclic) bond motifs is 1. The topological polar surface area (TPSA) is 55.8 Å². The zero-order chi connectivity index (χ0) is 22.6. The van der Waals surface area contributed by atoms with E-state index in [1.54, 1.807) is 7.11 Å². The third kappa shape index (κ3) is 3.86. The largest absolute Gasteiger partial charge is 0.497 e. The summed E-state index contributed by atoms with van der Waals surface area (Å²) in [5.41, 5.74) is 0.913. The summed E-state index contributed by atoms with van der Waals surface area (Å²) in [6.45, 7) is 11.3. The Hall–Kier alpha value is -1.66. The van der Waals surface area contributed by atoms with Gasteiger partial charge in [-0.15, -0.1) is 0 Å². The van der Waals surface area contributed by atoms with Crippen molar-refractivity contribution in [2.75, 3.05) is 7.11 Å². The van der Waals surface area contributed by atoms with Gasteiger partial charge in [-0.1, -0.05) is 32.9 Å². The van der Waals surface area contributed by atoms with Gasteiger partial charge in [-0.25, -0.2) is 0 Å². The number of methoxy groups -OCH3 is 1. The van der Waals surface area contributed by atoms with E-state index >= 15 is 0 Å². The summed E-state index contributed by atoms with van der Waals surface area (Å²) in [6, 6.07) is 7.48. The molecule has 2 bridgehead atoms. The van der Waals surface area contributed by atoms with Crippen molar-refractivity contribution in [2.45, 2.75) is 95.1 Å². The Labute approximate surface area is 187 Å². The highest BCUT2D eigenvalue weighted by atomic mass is 28.4. The number of Topliss-reactive ketones (excluding diaryl/α,β-unsaturated/α-hetero) is 1. The molecule has 4 atom stereocenters. The normalized spacial score (nSPS) is 31.0. The highest BCUT2D eigenvalue weighted by Gasteiger charge is 2.60. The number of piperidine rings is 1. The molecule has 3 aliphatic rings. The smallest absolute Gasteiger partial charge is 0.223 e. The van der Waals surface area contributed by atoms with Gasteiger partial charge in [0.1, 0.15) is 5.75 Å². The lowest BCUT2D eigenvalue weighted by Gasteiger charge is -2.55. The molecule has 1 aromatic rings. The Morgan fingerprint density at radius 2 is 1.81 bits per heavy atom. The molecule has 5 nitrogen and oxygen atoms in total. The molecule has 2 saturated heterocycles. The van der Waals surface area contributed by atoms with Crippen molar-refractivity contribution in [3.63, 3.8) is 0 Å². The molecule has 0 unspecified atom stereocenters. The summed E-state index contributed by atoms with van der Waals surface area (Å²) < 4.78 is 12.1. The van der Waals surface area contributed by atoms with Gasteiger partial charge >= 0.3 is 0 Å². The highest BCUT2D eigenvalue weighted by Crippen LogP contribution is 2.52. The summed E-state index contributed by atoms with van der Waals surface area (Å²) in [7, 11) is -0.332. The fraction of sp³-hybridized carbons (Fsp3) is 0.680. The summed E-state index contributed by atoms with van der Waals surface area (Å²) in [6.07, 6.45) is 4.59. The third-order valence-corrected chi connectivity index (χ3v) is 12.9. The Morgan fingerprint density at radius 3 is 2.42 bits per heavy atom. The number of carbonyl (C=O) groups is 2. The van der Waals surface area contributed by atoms with E-state index in [-0.39, 0.29) is 40.3 Å². The minimum Gasteiger partial charge on any atom is -0.497 e. The zero-order valence-corrected chi connectivity index (χ0v) is 20.9. The number of hydrogen-bond acceptors (Lipinski definition) is 4. The van der Waals surface area contributed by atoms with E-state index in [1.165, 1.54) is 0 Å². The van der Waals surface area contributed by atoms with Crippen LogP contribution in [0.1, 0.15) is 58.4 Å². The van der Waals surface area contributed by atoms with Crippen LogP contribution >= 0.6 is 0 Å². The molecule has 2 aliphatic heterocycles. The van der Waals surface area contributed by atoms with E-state index in [0.717, 1.165) is 37.0 Å². The number of amides is 1. The maximum atomic E-state index is 13.8. The molecular weight excluding hydrogens is 406 g/mol. The zero-order valence-electron chi connectivity index (χ0n) is 19.9. The first-order valence-corrected chi connectivity index (χ1v) is 14.5. The summed E-state index contributed by atoms with van der Waals surface area (Å²) in [5.74, 6) is 1.04. The van der Waals surface area contributed by atoms with Crippen LogP contribution in [0.15, 0.2) is 24.3 Å². The molecule has 1 saturated carbocycles. The van der Waals surface area contributed by atoms with Crippen molar-refractivity contribution in [1.82, 2.24) is 4.90 Å². The van der Waals surface area contributed by atoms with Gasteiger partial charge in [-0.05, 0) is 67.9 Å². The summed E-state index contributed by atoms with van der Waals surface area (Å²) >= 11 is 0. The van der Waals surface area contributed by atoms with Crippen molar-refractivity contribution < 1.29 is 18.8 Å². The fourth-order valence-electron chi connectivity index (χ4n) is 5.58. The van der Waals surface area contributed by atoms with Gasteiger partial charge in [0.2, 0.25) is 5.91 Å². The van der Waals surface area contributed by atoms with Crippen molar-refractivity contribution >= 4 is 20.0 Å². The number of ether oxygens (including phenoxy) is 1. The lowest BCUT2D eigenvalue weighted by atomic mass is 9.66. The van der Waals surface area contributed by atoms with E-state index in [2.05, 4.69) is 33.9 Å². The van der Waals surface area contributed by atoms with Crippen LogP contribution in [0.25, 0.3) is 0 Å². The van der Waals surface area contributed by atoms with Crippen LogP contribution in [0.5, 0.6) is 5.75 Å². The predicted octanol–water partition coefficient (Wildman–Crippen LogP) is 4.74. The predicted molar refractivity (Wildman–Crippen MR) is 124 cm³/mol. The van der Waals surface area contributed by atoms with Crippen molar-refractivity contribution in [3.8, 4) is 5.75 Å². The fourth-order valence-corrected chi connectivity index (χ4v) is 6.97. The number of hydrogen-bond donors (Lipinski definition) is 0. The van der Waals surface area contributed by atoms with Crippen LogP contribution in [0.3, 0.4) is 0 Å². The van der Waals surface area contributed by atoms with Crippen LogP contribution in [0.2, 0.25) is 18.1 Å². The molecule has 1 amide bonds. The van der Waals surface area contributed by atoms with Gasteiger partial charge in [0.05, 0.1) is 19.3 Å². The van der Waals surface area contributed by atoms with E-state index in [4.69, 9.17) is 9.16 Å². The standard InChI is InChI=1S/C25H37NO4Si/c1-24(2,3)31(5,6)30-21-11-13-25-14-12-22(27)26(25)20(23(28)19(21)16-25)15-17-7-9-18(29-4)10-8-17/h7-10,19-21H,11-16H2,1-6H3/t19-,20-,21-,25+/m0/s1. The average molecular weight is 444 g/mol. The number of ketones is 1. The Balaban J connectivity index is 1.63. The van der Waals surface area contributed by atoms with Crippen LogP contribution in [-0.2, 0) is 20.4 Å². The Kier molecular flexibility index (Phi) is 5.62. The van der Waals surface area contributed by atoms with Crippen LogP contribution in [0, 0.1) is 5.92 Å². The molecule has 0 N–H and O–H groups in total. The van der Waals surface area contributed by atoms with Gasteiger partial charge in [0, 0.05) is 17.9 Å². The Bertz CT molecular complexity index is 859. The first kappa shape index (κ1) is 22.5. The molecule has 1 spiro atoms. The molecule has 170 valence electrons. The van der Waals surface area contributed by atoms with Crippen LogP contribution < -0.4 is 4.74 Å². The molecule has 1 aromatic carbocycles. The monoisotopic (exact) mass is 443 g/mol. The summed E-state index contributed by atoms with van der Waals surface area (Å²) in [5, 5.41) is 0.109. The molecule has 0 radical (unpaired) electrons. The van der Waals surface area contributed by atoms with E-state index in [1.807, 2.05) is 29.2 Å². The quantitative estimate of drug-likeness (QED) is 0.617. The first-order chi connectivity index (χ1) is 14.5. The lowest BCUT2D eigenvalue weighted by Crippen LogP contribution is -2.66. The molecule has 1 aliphatic carbocycles. The van der Waals surface area contributed by atoms with Gasteiger partial charge in [-0.3, -0.25) is 9.59 Å². The maximum absolute atomic E-state index is 13.8. The molecule has 2 heterocycles. The second-order valence-corrected chi connectivity index (χ2v) is 16.0.